The highest BCUT2D eigenvalue weighted by Crippen LogP contribution is 2.51. The summed E-state index contributed by atoms with van der Waals surface area (Å²) in [5, 5.41) is 2.47. The fourth-order valence-corrected chi connectivity index (χ4v) is 9.51. The predicted octanol–water partition coefficient (Wildman–Crippen LogP) is 12.3. The van der Waals surface area contributed by atoms with Gasteiger partial charge in [-0.3, -0.25) is 19.0 Å². The summed E-state index contributed by atoms with van der Waals surface area (Å²) in [5.74, 6) is -0.269. The Morgan fingerprint density at radius 2 is 1.17 bits per heavy atom. The molecule has 1 amide bonds. The van der Waals surface area contributed by atoms with Crippen molar-refractivity contribution in [3.63, 3.8) is 0 Å². The van der Waals surface area contributed by atoms with Crippen LogP contribution in [-0.2, 0) is 33.6 Å². The number of likely N-dealkylation sites (tertiary alicyclic amines) is 1. The quantitative estimate of drug-likeness (QED) is 0.0336. The van der Waals surface area contributed by atoms with E-state index < -0.39 is 38.6 Å². The van der Waals surface area contributed by atoms with E-state index in [1.54, 1.807) is 7.05 Å². The van der Waals surface area contributed by atoms with Crippen LogP contribution >= 0.6 is 7.82 Å². The molecule has 1 aromatic carbocycles. The second-order valence-corrected chi connectivity index (χ2v) is 19.8. The molecule has 0 aliphatic carbocycles. The molecule has 2 heterocycles. The van der Waals surface area contributed by atoms with Gasteiger partial charge in [0.05, 0.1) is 12.8 Å². The number of likely N-dealkylation sites (N-methyl/N-ethyl adjacent to an activating group) is 2. The van der Waals surface area contributed by atoms with Crippen molar-refractivity contribution >= 4 is 31.5 Å². The van der Waals surface area contributed by atoms with E-state index in [2.05, 4.69) is 54.5 Å². The van der Waals surface area contributed by atoms with Crippen LogP contribution in [0, 0.1) is 0 Å². The van der Waals surface area contributed by atoms with Crippen molar-refractivity contribution in [2.75, 3.05) is 45.8 Å². The summed E-state index contributed by atoms with van der Waals surface area (Å²) in [6.45, 7) is 7.07. The topological polar surface area (TPSA) is 164 Å². The van der Waals surface area contributed by atoms with E-state index in [1.807, 2.05) is 18.2 Å². The average Bonchev–Trinajstić information content (AvgIpc) is 3.69. The summed E-state index contributed by atoms with van der Waals surface area (Å²) in [7, 11) is 1.13. The van der Waals surface area contributed by atoms with E-state index in [0.29, 0.717) is 18.3 Å². The zero-order valence-corrected chi connectivity index (χ0v) is 41.9. The fourth-order valence-electron chi connectivity index (χ4n) is 9.15. The number of nitrogens with zero attached hydrogens (tertiary/aromatic N) is 2. The Hall–Kier alpha value is -2.70. The highest BCUT2D eigenvalue weighted by Gasteiger charge is 2.52. The van der Waals surface area contributed by atoms with Crippen molar-refractivity contribution in [1.82, 2.24) is 10.2 Å². The first-order valence-corrected chi connectivity index (χ1v) is 26.8. The molecule has 3 rings (SSSR count). The van der Waals surface area contributed by atoms with Gasteiger partial charge in [-0.05, 0) is 50.1 Å². The Morgan fingerprint density at radius 1 is 0.719 bits per heavy atom. The molecular weight excluding hydrogens is 834 g/mol. The number of ether oxygens (including phenoxy) is 3. The van der Waals surface area contributed by atoms with Crippen LogP contribution in [0.1, 0.15) is 213 Å². The lowest BCUT2D eigenvalue weighted by Crippen LogP contribution is -2.45. The first kappa shape index (κ1) is 57.4. The highest BCUT2D eigenvalue weighted by atomic mass is 31.2. The molecule has 1 saturated heterocycles. The maximum absolute atomic E-state index is 12.3. The third-order valence-corrected chi connectivity index (χ3v) is 13.3. The van der Waals surface area contributed by atoms with Gasteiger partial charge in [0, 0.05) is 44.6 Å². The van der Waals surface area contributed by atoms with Crippen LogP contribution in [0.15, 0.2) is 18.2 Å². The van der Waals surface area contributed by atoms with Gasteiger partial charge >= 0.3 is 25.9 Å². The Kier molecular flexibility index (Phi) is 30.3. The number of unbranched alkanes of at least 4 members (excludes halogenated alkanes) is 24. The number of rotatable bonds is 35. The van der Waals surface area contributed by atoms with Crippen LogP contribution in [0.4, 0.5) is 10.5 Å². The maximum Gasteiger partial charge on any atom is 0.469 e. The van der Waals surface area contributed by atoms with Gasteiger partial charge < -0.3 is 34.2 Å². The van der Waals surface area contributed by atoms with E-state index in [9.17, 15) is 18.9 Å². The summed E-state index contributed by atoms with van der Waals surface area (Å²) >= 11 is 0. The molecule has 1 unspecified atom stereocenters. The van der Waals surface area contributed by atoms with E-state index >= 15 is 0 Å². The van der Waals surface area contributed by atoms with Gasteiger partial charge in [0.1, 0.15) is 12.4 Å². The summed E-state index contributed by atoms with van der Waals surface area (Å²) < 4.78 is 31.5. The zero-order chi connectivity index (χ0) is 47.1. The van der Waals surface area contributed by atoms with Gasteiger partial charge in [-0.15, -0.1) is 0 Å². The van der Waals surface area contributed by atoms with Gasteiger partial charge in [0.25, 0.3) is 0 Å². The molecule has 0 aromatic heterocycles. The van der Waals surface area contributed by atoms with Gasteiger partial charge in [0.15, 0.2) is 6.10 Å². The van der Waals surface area contributed by atoms with Crippen molar-refractivity contribution in [2.24, 2.45) is 0 Å². The second kappa shape index (κ2) is 33.7. The minimum atomic E-state index is -4.74. The molecule has 370 valence electrons. The predicted molar refractivity (Wildman–Crippen MR) is 258 cm³/mol. The number of carbonyl (C=O) groups excluding carboxylic acids is 3. The number of nitrogens with one attached hydrogen (secondary N) is 1. The molecule has 3 atom stereocenters. The summed E-state index contributed by atoms with van der Waals surface area (Å²) in [6, 6.07) is 5.92. The smallest absolute Gasteiger partial charge is 0.462 e. The Balaban J connectivity index is 0.000000574. The van der Waals surface area contributed by atoms with Crippen molar-refractivity contribution in [3.05, 3.63) is 23.8 Å². The number of phosphoric ester groups is 1. The number of fused-ring (bicyclic) bond motifs is 3. The zero-order valence-electron chi connectivity index (χ0n) is 41.0. The molecule has 2 aliphatic rings. The van der Waals surface area contributed by atoms with Gasteiger partial charge in [0.2, 0.25) is 0 Å². The monoisotopic (exact) mass is 924 g/mol. The molecule has 1 aromatic rings. The summed E-state index contributed by atoms with van der Waals surface area (Å²) in [6.07, 6.45) is 32.1. The van der Waals surface area contributed by atoms with Gasteiger partial charge in [-0.25, -0.2) is 9.36 Å². The van der Waals surface area contributed by atoms with Crippen molar-refractivity contribution < 1.29 is 47.5 Å². The lowest BCUT2D eigenvalue weighted by atomic mass is 9.81. The van der Waals surface area contributed by atoms with Crippen LogP contribution in [-0.4, -0.2) is 85.9 Å². The second-order valence-electron chi connectivity index (χ2n) is 18.5. The standard InChI is InChI=1S/C35H69O8P.C15H21N3O2/c1-3-5-7-9-11-13-15-17-19-21-23-25-27-29-34(36)41-31-33(32-42-44(38,39)40)43-35(37)30-28-26-24-22-20-18-16-14-12-10-8-6-4-2;1-15-7-8-17(3)13(15)18(4)12-6-5-10(9-11(12)15)20-14(19)16-2/h33H,3-32H2,1-2H3,(H2,38,39,40);5-6,9,13H,7-8H2,1-4H3,(H,16,19)/t;13-,15+/m.1/s1. The number of phosphoric acid groups is 1. The minimum Gasteiger partial charge on any atom is -0.462 e. The molecule has 0 radical (unpaired) electrons. The average molecular weight is 924 g/mol. The van der Waals surface area contributed by atoms with Crippen LogP contribution in [0.2, 0.25) is 0 Å². The first-order valence-electron chi connectivity index (χ1n) is 25.3. The van der Waals surface area contributed by atoms with Crippen LogP contribution in [0.3, 0.4) is 0 Å². The normalized spacial score (nSPS) is 17.3. The summed E-state index contributed by atoms with van der Waals surface area (Å²) in [5.41, 5.74) is 2.60. The number of esters is 2. The van der Waals surface area contributed by atoms with Gasteiger partial charge in [-0.2, -0.15) is 0 Å². The maximum atomic E-state index is 12.3. The number of carbonyl (C=O) groups is 3. The molecule has 0 bridgehead atoms. The fraction of sp³-hybridized carbons (Fsp3) is 0.820. The number of hydrogen-bond donors (Lipinski definition) is 3. The van der Waals surface area contributed by atoms with Crippen LogP contribution in [0.5, 0.6) is 5.75 Å². The Bertz CT molecular complexity index is 1480. The minimum absolute atomic E-state index is 0.0981. The SMILES string of the molecule is CCCCCCCCCCCCCCCC(=O)OCC(COP(=O)(O)O)OC(=O)CCCCCCCCCCCCCCC.CNC(=O)Oc1ccc2c(c1)[C@]1(C)CCN(C)[C@@H]1N2C. The van der Waals surface area contributed by atoms with Crippen molar-refractivity contribution in [2.45, 2.75) is 225 Å². The molecule has 3 N–H and O–H groups in total. The van der Waals surface area contributed by atoms with E-state index in [0.717, 1.165) is 45.1 Å². The lowest BCUT2D eigenvalue weighted by molar-refractivity contribution is -0.161. The van der Waals surface area contributed by atoms with Crippen LogP contribution in [0.25, 0.3) is 0 Å². The third-order valence-electron chi connectivity index (χ3n) is 12.8. The molecule has 14 heteroatoms. The molecule has 2 aliphatic heterocycles. The highest BCUT2D eigenvalue weighted by molar-refractivity contribution is 7.46. The Labute approximate surface area is 388 Å². The molecular formula is C50H90N3O10P. The number of hydrogen-bond acceptors (Lipinski definition) is 10. The van der Waals surface area contributed by atoms with Gasteiger partial charge in [-0.1, -0.05) is 175 Å². The molecule has 0 saturated carbocycles. The number of benzene rings is 1. The van der Waals surface area contributed by atoms with E-state index in [1.165, 1.54) is 140 Å². The van der Waals surface area contributed by atoms with Crippen molar-refractivity contribution in [1.29, 1.82) is 0 Å². The van der Waals surface area contributed by atoms with E-state index in [-0.39, 0.29) is 24.9 Å². The molecule has 64 heavy (non-hydrogen) atoms. The van der Waals surface area contributed by atoms with Crippen LogP contribution < -0.4 is 15.0 Å². The number of anilines is 1. The summed E-state index contributed by atoms with van der Waals surface area (Å²) in [4.78, 5) is 58.7. The first-order chi connectivity index (χ1) is 30.7. The third kappa shape index (κ3) is 24.2. The van der Waals surface area contributed by atoms with Crippen molar-refractivity contribution in [3.8, 4) is 5.75 Å². The Morgan fingerprint density at radius 3 is 1.62 bits per heavy atom. The molecule has 0 spiro atoms. The molecule has 1 fully saturated rings. The number of amides is 1. The largest absolute Gasteiger partial charge is 0.469 e. The molecule has 13 nitrogen and oxygen atoms in total. The van der Waals surface area contributed by atoms with E-state index in [4.69, 9.17) is 24.0 Å². The lowest BCUT2D eigenvalue weighted by Gasteiger charge is -2.32.